The van der Waals surface area contributed by atoms with E-state index in [0.717, 1.165) is 25.7 Å². The molecule has 0 bridgehead atoms. The van der Waals surface area contributed by atoms with Gasteiger partial charge in [-0.25, -0.2) is 0 Å². The van der Waals surface area contributed by atoms with Gasteiger partial charge in [-0.2, -0.15) is 0 Å². The predicted molar refractivity (Wildman–Crippen MR) is 77.0 cm³/mol. The van der Waals surface area contributed by atoms with E-state index in [2.05, 4.69) is 51.2 Å². The van der Waals surface area contributed by atoms with Crippen molar-refractivity contribution in [1.29, 1.82) is 0 Å². The molecule has 0 N–H and O–H groups in total. The van der Waals surface area contributed by atoms with Crippen molar-refractivity contribution in [2.24, 2.45) is 0 Å². The summed E-state index contributed by atoms with van der Waals surface area (Å²) in [6, 6.07) is 0. The molecule has 0 aromatic carbocycles. The van der Waals surface area contributed by atoms with E-state index in [1.54, 1.807) is 21.5 Å². The Kier molecular flexibility index (Phi) is 3.57. The van der Waals surface area contributed by atoms with Crippen LogP contribution in [0.5, 0.6) is 0 Å². The summed E-state index contributed by atoms with van der Waals surface area (Å²) in [6.45, 7) is 9.43. The Bertz CT molecular complexity index is 390. The number of hydrogen-bond acceptors (Lipinski definition) is 0. The molecule has 17 heavy (non-hydrogen) atoms. The van der Waals surface area contributed by atoms with Crippen molar-refractivity contribution in [2.75, 3.05) is 0 Å². The van der Waals surface area contributed by atoms with Gasteiger partial charge in [0.15, 0.2) is 0 Å². The first-order chi connectivity index (χ1) is 8.11. The first-order valence-electron chi connectivity index (χ1n) is 6.72. The van der Waals surface area contributed by atoms with E-state index in [0.29, 0.717) is 0 Å². The highest BCUT2D eigenvalue weighted by Crippen LogP contribution is 2.39. The zero-order valence-corrected chi connectivity index (χ0v) is 12.5. The summed E-state index contributed by atoms with van der Waals surface area (Å²) in [7, 11) is -1.53. The van der Waals surface area contributed by atoms with Gasteiger partial charge in [0, 0.05) is 0 Å². The lowest BCUT2D eigenvalue weighted by molar-refractivity contribution is 1.12. The zero-order chi connectivity index (χ0) is 12.5. The first kappa shape index (κ1) is 12.6. The van der Waals surface area contributed by atoms with Gasteiger partial charge in [-0.15, -0.1) is 0 Å². The highest BCUT2D eigenvalue weighted by molar-refractivity contribution is 6.92. The van der Waals surface area contributed by atoms with Crippen molar-refractivity contribution in [3.05, 3.63) is 45.8 Å². The van der Waals surface area contributed by atoms with Crippen LogP contribution in [0.2, 0.25) is 13.1 Å². The Hall–Kier alpha value is -0.823. The Morgan fingerprint density at radius 3 is 1.71 bits per heavy atom. The molecule has 2 aliphatic carbocycles. The maximum atomic E-state index is 3.62. The number of rotatable bonds is 4. The van der Waals surface area contributed by atoms with Gasteiger partial charge in [0.25, 0.3) is 0 Å². The van der Waals surface area contributed by atoms with Gasteiger partial charge in [0.2, 0.25) is 0 Å². The van der Waals surface area contributed by atoms with Crippen LogP contribution in [-0.2, 0) is 0 Å². The molecule has 0 saturated heterocycles. The minimum Gasteiger partial charge on any atom is -0.0770 e. The smallest absolute Gasteiger partial charge is 0.0770 e. The Morgan fingerprint density at radius 2 is 1.35 bits per heavy atom. The van der Waals surface area contributed by atoms with Crippen molar-refractivity contribution >= 4 is 8.07 Å². The van der Waals surface area contributed by atoms with Crippen LogP contribution < -0.4 is 0 Å². The lowest BCUT2D eigenvalue weighted by Crippen LogP contribution is -2.33. The zero-order valence-electron chi connectivity index (χ0n) is 11.5. The Labute approximate surface area is 107 Å². The molecule has 0 unspecified atom stereocenters. The largest absolute Gasteiger partial charge is 0.113 e. The lowest BCUT2D eigenvalue weighted by Gasteiger charge is -2.29. The predicted octanol–water partition coefficient (Wildman–Crippen LogP) is 4.71. The van der Waals surface area contributed by atoms with Crippen LogP contribution in [0.1, 0.15) is 39.5 Å². The fourth-order valence-corrected chi connectivity index (χ4v) is 6.50. The minimum absolute atomic E-state index is 1.02. The van der Waals surface area contributed by atoms with Gasteiger partial charge in [0.05, 0.1) is 0 Å². The summed E-state index contributed by atoms with van der Waals surface area (Å²) in [4.78, 5) is 0. The summed E-state index contributed by atoms with van der Waals surface area (Å²) in [5.41, 5.74) is 3.08. The molecule has 0 aromatic rings. The third kappa shape index (κ3) is 2.13. The third-order valence-electron chi connectivity index (χ3n) is 3.91. The molecule has 0 atom stereocenters. The molecule has 0 fully saturated rings. The summed E-state index contributed by atoms with van der Waals surface area (Å²) in [5.74, 6) is 0. The van der Waals surface area contributed by atoms with Crippen LogP contribution in [0.4, 0.5) is 0 Å². The molecule has 0 spiro atoms. The van der Waals surface area contributed by atoms with E-state index in [9.17, 15) is 0 Å². The van der Waals surface area contributed by atoms with Crippen molar-refractivity contribution in [2.45, 2.75) is 52.6 Å². The van der Waals surface area contributed by atoms with E-state index >= 15 is 0 Å². The second-order valence-corrected chi connectivity index (χ2v) is 9.55. The summed E-state index contributed by atoms with van der Waals surface area (Å²) >= 11 is 0. The van der Waals surface area contributed by atoms with E-state index in [1.807, 2.05) is 0 Å². The van der Waals surface area contributed by atoms with Gasteiger partial charge in [-0.05, 0) is 48.2 Å². The fraction of sp³-hybridized carbons (Fsp3) is 0.500. The molecule has 2 radical (unpaired) electrons. The van der Waals surface area contributed by atoms with E-state index < -0.39 is 8.07 Å². The molecule has 0 amide bonds. The topological polar surface area (TPSA) is 0 Å². The minimum atomic E-state index is -1.53. The molecule has 0 heterocycles. The third-order valence-corrected chi connectivity index (χ3v) is 7.40. The van der Waals surface area contributed by atoms with Crippen molar-refractivity contribution < 1.29 is 0 Å². The summed E-state index contributed by atoms with van der Waals surface area (Å²) in [5, 5.41) is 3.09. The maximum Gasteiger partial charge on any atom is 0.113 e. The molecular weight excluding hydrogens is 220 g/mol. The molecule has 0 aliphatic heterocycles. The molecule has 0 aromatic heterocycles. The lowest BCUT2D eigenvalue weighted by atomic mass is 10.2. The van der Waals surface area contributed by atoms with Gasteiger partial charge >= 0.3 is 0 Å². The SMILES string of the molecule is CCC1=CC[C]=C1[Si](C)(C)C1=[C]CC=C1CC. The second kappa shape index (κ2) is 4.81. The number of hydrogen-bond donors (Lipinski definition) is 0. The van der Waals surface area contributed by atoms with E-state index in [-0.39, 0.29) is 0 Å². The average molecular weight is 242 g/mol. The van der Waals surface area contributed by atoms with Gasteiger partial charge < -0.3 is 0 Å². The fourth-order valence-electron chi connectivity index (χ4n) is 3.00. The van der Waals surface area contributed by atoms with Crippen molar-refractivity contribution in [3.8, 4) is 0 Å². The van der Waals surface area contributed by atoms with Gasteiger partial charge in [0.1, 0.15) is 8.07 Å². The van der Waals surface area contributed by atoms with Crippen molar-refractivity contribution in [1.82, 2.24) is 0 Å². The van der Waals surface area contributed by atoms with E-state index in [4.69, 9.17) is 0 Å². The van der Waals surface area contributed by atoms with Crippen LogP contribution in [0.15, 0.2) is 33.7 Å². The highest BCUT2D eigenvalue weighted by atomic mass is 28.3. The molecule has 0 saturated carbocycles. The molecule has 90 valence electrons. The quantitative estimate of drug-likeness (QED) is 0.626. The van der Waals surface area contributed by atoms with Crippen LogP contribution in [0.25, 0.3) is 0 Å². The average Bonchev–Trinajstić information content (AvgIpc) is 2.97. The van der Waals surface area contributed by atoms with Crippen LogP contribution >= 0.6 is 0 Å². The van der Waals surface area contributed by atoms with Crippen molar-refractivity contribution in [3.63, 3.8) is 0 Å². The monoisotopic (exact) mass is 242 g/mol. The van der Waals surface area contributed by atoms with Crippen LogP contribution in [-0.4, -0.2) is 8.07 Å². The number of allylic oxidation sites excluding steroid dienone is 8. The second-order valence-electron chi connectivity index (χ2n) is 5.30. The molecule has 2 aliphatic rings. The summed E-state index contributed by atoms with van der Waals surface area (Å²) in [6.07, 6.45) is 16.3. The first-order valence-corrected chi connectivity index (χ1v) is 9.72. The Morgan fingerprint density at radius 1 is 0.941 bits per heavy atom. The molecule has 1 heteroatoms. The van der Waals surface area contributed by atoms with Gasteiger partial charge in [-0.3, -0.25) is 0 Å². The van der Waals surface area contributed by atoms with Crippen LogP contribution in [0, 0.1) is 12.2 Å². The molecular formula is C16H22Si. The Balaban J connectivity index is 2.32. The highest BCUT2D eigenvalue weighted by Gasteiger charge is 2.35. The standard InChI is InChI=1S/C16H22Si/c1-5-13-9-7-11-15(13)17(3,4)16-12-8-10-14(16)6-2/h9-10H,5-8H2,1-4H3. The molecule has 0 nitrogen and oxygen atoms in total. The van der Waals surface area contributed by atoms with E-state index in [1.165, 1.54) is 0 Å². The summed E-state index contributed by atoms with van der Waals surface area (Å²) < 4.78 is 0. The molecule has 2 rings (SSSR count). The normalized spacial score (nSPS) is 20.0. The van der Waals surface area contributed by atoms with Gasteiger partial charge in [-0.1, -0.05) is 50.2 Å². The maximum absolute atomic E-state index is 3.62. The van der Waals surface area contributed by atoms with Crippen LogP contribution in [0.3, 0.4) is 0 Å².